The minimum absolute atomic E-state index is 0.171. The largest absolute Gasteiger partial charge is 0.493 e. The maximum absolute atomic E-state index is 12.0. The number of hydrogen-bond donors (Lipinski definition) is 1. The van der Waals surface area contributed by atoms with Gasteiger partial charge in [-0.3, -0.25) is 9.48 Å². The predicted molar refractivity (Wildman–Crippen MR) is 113 cm³/mol. The van der Waals surface area contributed by atoms with Crippen molar-refractivity contribution in [2.45, 2.75) is 32.4 Å². The van der Waals surface area contributed by atoms with Crippen LogP contribution in [0.4, 0.5) is 0 Å². The lowest BCUT2D eigenvalue weighted by Crippen LogP contribution is -2.31. The Morgan fingerprint density at radius 1 is 1.43 bits per heavy atom. The third kappa shape index (κ3) is 5.51. The van der Waals surface area contributed by atoms with Crippen LogP contribution in [-0.2, 0) is 6.54 Å². The molecule has 8 heteroatoms. The zero-order valence-electron chi connectivity index (χ0n) is 16.6. The SMILES string of the molecule is C[C@@H](C=Cc1cnn(Cc2ccc(OCC3CC3)cc2Cl)c1)NC(=O)c1ccon1. The zero-order chi connectivity index (χ0) is 20.9. The topological polar surface area (TPSA) is 82.2 Å². The summed E-state index contributed by atoms with van der Waals surface area (Å²) < 4.78 is 12.3. The monoisotopic (exact) mass is 426 g/mol. The molecular formula is C22H23ClN4O3. The van der Waals surface area contributed by atoms with Gasteiger partial charge < -0.3 is 14.6 Å². The highest BCUT2D eigenvalue weighted by Crippen LogP contribution is 2.30. The molecule has 1 saturated carbocycles. The van der Waals surface area contributed by atoms with Crippen LogP contribution in [0.1, 0.15) is 41.4 Å². The standard InChI is InChI=1S/C22H23ClN4O3/c1-15(25-22(28)21-8-9-30-26-21)2-3-17-11-24-27(12-17)13-18-6-7-19(10-20(18)23)29-14-16-4-5-16/h2-3,6-12,15-16H,4-5,13-14H2,1H3,(H,25,28)/t15-/m0/s1. The van der Waals surface area contributed by atoms with Gasteiger partial charge in [-0.1, -0.05) is 35.0 Å². The van der Waals surface area contributed by atoms with E-state index in [2.05, 4.69) is 20.1 Å². The van der Waals surface area contributed by atoms with Crippen LogP contribution < -0.4 is 10.1 Å². The Labute approximate surface area is 179 Å². The van der Waals surface area contributed by atoms with Gasteiger partial charge in [0.2, 0.25) is 0 Å². The number of carbonyl (C=O) groups is 1. The lowest BCUT2D eigenvalue weighted by Gasteiger charge is -2.09. The fraction of sp³-hybridized carbons (Fsp3) is 0.318. The van der Waals surface area contributed by atoms with Gasteiger partial charge in [0.05, 0.1) is 19.3 Å². The molecule has 1 aliphatic carbocycles. The first-order valence-electron chi connectivity index (χ1n) is 9.90. The molecule has 3 aromatic rings. The van der Waals surface area contributed by atoms with E-state index in [-0.39, 0.29) is 17.6 Å². The molecule has 156 valence electrons. The van der Waals surface area contributed by atoms with Crippen LogP contribution >= 0.6 is 11.6 Å². The number of amides is 1. The molecule has 1 aliphatic rings. The third-order valence-corrected chi connectivity index (χ3v) is 5.15. The molecule has 0 bridgehead atoms. The van der Waals surface area contributed by atoms with Crippen LogP contribution in [0.3, 0.4) is 0 Å². The highest BCUT2D eigenvalue weighted by atomic mass is 35.5. The summed E-state index contributed by atoms with van der Waals surface area (Å²) in [6.45, 7) is 3.21. The Bertz CT molecular complexity index is 1020. The van der Waals surface area contributed by atoms with E-state index < -0.39 is 0 Å². The first kappa shape index (κ1) is 20.2. The van der Waals surface area contributed by atoms with Crippen molar-refractivity contribution in [2.24, 2.45) is 5.92 Å². The number of aromatic nitrogens is 3. The average molecular weight is 427 g/mol. The normalized spacial score (nSPS) is 14.7. The van der Waals surface area contributed by atoms with Gasteiger partial charge in [0.1, 0.15) is 12.0 Å². The van der Waals surface area contributed by atoms with Crippen molar-refractivity contribution in [3.05, 3.63) is 70.8 Å². The van der Waals surface area contributed by atoms with E-state index in [4.69, 9.17) is 16.3 Å². The van der Waals surface area contributed by atoms with Gasteiger partial charge in [0.15, 0.2) is 5.69 Å². The minimum atomic E-state index is -0.282. The van der Waals surface area contributed by atoms with E-state index in [0.717, 1.165) is 23.5 Å². The number of nitrogens with one attached hydrogen (secondary N) is 1. The van der Waals surface area contributed by atoms with Crippen molar-refractivity contribution in [1.29, 1.82) is 0 Å². The first-order valence-corrected chi connectivity index (χ1v) is 10.3. The Kier molecular flexibility index (Phi) is 6.18. The molecule has 0 radical (unpaired) electrons. The minimum Gasteiger partial charge on any atom is -0.493 e. The molecule has 1 N–H and O–H groups in total. The quantitative estimate of drug-likeness (QED) is 0.554. The summed E-state index contributed by atoms with van der Waals surface area (Å²) in [4.78, 5) is 12.0. The highest BCUT2D eigenvalue weighted by molar-refractivity contribution is 6.31. The van der Waals surface area contributed by atoms with Crippen LogP contribution in [0.15, 0.2) is 53.5 Å². The number of ether oxygens (including phenoxy) is 1. The van der Waals surface area contributed by atoms with Crippen molar-refractivity contribution in [3.8, 4) is 5.75 Å². The van der Waals surface area contributed by atoms with Crippen LogP contribution in [0, 0.1) is 5.92 Å². The molecule has 1 atom stereocenters. The lowest BCUT2D eigenvalue weighted by molar-refractivity contribution is 0.0938. The summed E-state index contributed by atoms with van der Waals surface area (Å²) in [7, 11) is 0. The number of benzene rings is 1. The molecule has 0 saturated heterocycles. The molecule has 4 rings (SSSR count). The van der Waals surface area contributed by atoms with Crippen molar-refractivity contribution >= 4 is 23.6 Å². The van der Waals surface area contributed by atoms with Gasteiger partial charge >= 0.3 is 0 Å². The molecule has 1 aromatic carbocycles. The fourth-order valence-electron chi connectivity index (χ4n) is 2.89. The van der Waals surface area contributed by atoms with E-state index in [0.29, 0.717) is 17.5 Å². The van der Waals surface area contributed by atoms with Crippen molar-refractivity contribution in [2.75, 3.05) is 6.61 Å². The van der Waals surface area contributed by atoms with Gasteiger partial charge in [-0.05, 0) is 43.4 Å². The predicted octanol–water partition coefficient (Wildman–Crippen LogP) is 4.19. The molecule has 0 unspecified atom stereocenters. The van der Waals surface area contributed by atoms with Gasteiger partial charge in [-0.25, -0.2) is 0 Å². The van der Waals surface area contributed by atoms with E-state index in [1.54, 1.807) is 6.20 Å². The summed E-state index contributed by atoms with van der Waals surface area (Å²) in [5.74, 6) is 1.23. The summed E-state index contributed by atoms with van der Waals surface area (Å²) in [6, 6.07) is 7.14. The van der Waals surface area contributed by atoms with E-state index in [1.165, 1.54) is 25.2 Å². The molecular weight excluding hydrogens is 404 g/mol. The summed E-state index contributed by atoms with van der Waals surface area (Å²) in [6.07, 6.45) is 11.4. The van der Waals surface area contributed by atoms with Crippen LogP contribution in [0.5, 0.6) is 5.75 Å². The second-order valence-electron chi connectivity index (χ2n) is 7.48. The third-order valence-electron chi connectivity index (χ3n) is 4.80. The Morgan fingerprint density at radius 2 is 2.30 bits per heavy atom. The van der Waals surface area contributed by atoms with Gasteiger partial charge in [-0.2, -0.15) is 5.10 Å². The molecule has 1 fully saturated rings. The van der Waals surface area contributed by atoms with E-state index >= 15 is 0 Å². The average Bonchev–Trinajstić information content (AvgIpc) is 3.20. The Morgan fingerprint density at radius 3 is 3.03 bits per heavy atom. The highest BCUT2D eigenvalue weighted by Gasteiger charge is 2.22. The van der Waals surface area contributed by atoms with E-state index in [9.17, 15) is 4.79 Å². The van der Waals surface area contributed by atoms with Gasteiger partial charge in [0, 0.05) is 28.9 Å². The molecule has 2 heterocycles. The van der Waals surface area contributed by atoms with Crippen molar-refractivity contribution in [1.82, 2.24) is 20.3 Å². The zero-order valence-corrected chi connectivity index (χ0v) is 17.4. The molecule has 0 spiro atoms. The number of carbonyl (C=O) groups excluding carboxylic acids is 1. The second kappa shape index (κ2) is 9.17. The smallest absolute Gasteiger partial charge is 0.273 e. The van der Waals surface area contributed by atoms with E-state index in [1.807, 2.05) is 48.2 Å². The fourth-order valence-corrected chi connectivity index (χ4v) is 3.12. The molecule has 2 aromatic heterocycles. The molecule has 0 aliphatic heterocycles. The lowest BCUT2D eigenvalue weighted by atomic mass is 10.2. The van der Waals surface area contributed by atoms with Gasteiger partial charge in [0.25, 0.3) is 5.91 Å². The number of rotatable bonds is 9. The van der Waals surface area contributed by atoms with Crippen LogP contribution in [-0.4, -0.2) is 33.5 Å². The summed E-state index contributed by atoms with van der Waals surface area (Å²) >= 11 is 6.42. The summed E-state index contributed by atoms with van der Waals surface area (Å²) in [5.41, 5.74) is 2.16. The number of halogens is 1. The maximum atomic E-state index is 12.0. The van der Waals surface area contributed by atoms with Crippen molar-refractivity contribution < 1.29 is 14.1 Å². The van der Waals surface area contributed by atoms with Gasteiger partial charge in [-0.15, -0.1) is 0 Å². The maximum Gasteiger partial charge on any atom is 0.273 e. The van der Waals surface area contributed by atoms with Crippen molar-refractivity contribution in [3.63, 3.8) is 0 Å². The summed E-state index contributed by atoms with van der Waals surface area (Å²) in [5, 5.41) is 11.5. The molecule has 30 heavy (non-hydrogen) atoms. The Balaban J connectivity index is 1.31. The number of nitrogens with zero attached hydrogens (tertiary/aromatic N) is 3. The Hall–Kier alpha value is -3.06. The first-order chi connectivity index (χ1) is 14.6. The number of hydrogen-bond acceptors (Lipinski definition) is 5. The van der Waals surface area contributed by atoms with Crippen LogP contribution in [0.2, 0.25) is 5.02 Å². The molecule has 7 nitrogen and oxygen atoms in total. The molecule has 1 amide bonds. The van der Waals surface area contributed by atoms with Crippen LogP contribution in [0.25, 0.3) is 6.08 Å². The second-order valence-corrected chi connectivity index (χ2v) is 7.89.